The van der Waals surface area contributed by atoms with Crippen molar-refractivity contribution in [2.24, 2.45) is 0 Å². The van der Waals surface area contributed by atoms with Crippen LogP contribution in [0, 0.1) is 0 Å². The predicted molar refractivity (Wildman–Crippen MR) is 91.7 cm³/mol. The van der Waals surface area contributed by atoms with Gasteiger partial charge in [-0.2, -0.15) is 0 Å². The molecule has 4 nitrogen and oxygen atoms in total. The first kappa shape index (κ1) is 15.0. The van der Waals surface area contributed by atoms with Crippen LogP contribution in [0.1, 0.15) is 42.7 Å². The molecular formula is C19H27N3O. The lowest BCUT2D eigenvalue weighted by molar-refractivity contribution is 0.181. The quantitative estimate of drug-likeness (QED) is 0.927. The summed E-state index contributed by atoms with van der Waals surface area (Å²) < 4.78 is 0. The summed E-state index contributed by atoms with van der Waals surface area (Å²) in [7, 11) is 0. The highest BCUT2D eigenvalue weighted by Crippen LogP contribution is 2.39. The van der Waals surface area contributed by atoms with Crippen molar-refractivity contribution in [3.05, 3.63) is 35.4 Å². The maximum atomic E-state index is 11.7. The van der Waals surface area contributed by atoms with Crippen molar-refractivity contribution in [2.75, 3.05) is 32.7 Å². The van der Waals surface area contributed by atoms with Gasteiger partial charge in [-0.25, -0.2) is 4.79 Å². The molecule has 0 aromatic heterocycles. The number of hydrogen-bond acceptors (Lipinski definition) is 2. The van der Waals surface area contributed by atoms with E-state index in [9.17, 15) is 4.79 Å². The molecule has 1 N–H and O–H groups in total. The van der Waals surface area contributed by atoms with Gasteiger partial charge in [-0.15, -0.1) is 0 Å². The van der Waals surface area contributed by atoms with Gasteiger partial charge in [-0.1, -0.05) is 24.3 Å². The number of aryl methyl sites for hydroxylation is 1. The fourth-order valence-corrected chi connectivity index (χ4v) is 4.75. The number of nitrogens with zero attached hydrogens (tertiary/aromatic N) is 2. The second-order valence-corrected chi connectivity index (χ2v) is 7.16. The maximum absolute atomic E-state index is 11.7. The average molecular weight is 313 g/mol. The van der Waals surface area contributed by atoms with E-state index in [-0.39, 0.29) is 6.03 Å². The Morgan fingerprint density at radius 2 is 2.00 bits per heavy atom. The molecule has 0 spiro atoms. The second kappa shape index (κ2) is 6.52. The lowest BCUT2D eigenvalue weighted by Gasteiger charge is -2.36. The lowest BCUT2D eigenvalue weighted by Crippen LogP contribution is -2.41. The monoisotopic (exact) mass is 313 g/mol. The van der Waals surface area contributed by atoms with E-state index in [0.717, 1.165) is 26.2 Å². The van der Waals surface area contributed by atoms with Crippen molar-refractivity contribution >= 4 is 6.03 Å². The number of rotatable bonds is 4. The molecule has 2 unspecified atom stereocenters. The first-order valence-electron chi connectivity index (χ1n) is 9.17. The summed E-state index contributed by atoms with van der Waals surface area (Å²) in [6.07, 6.45) is 6.50. The van der Waals surface area contributed by atoms with Crippen LogP contribution in [0.2, 0.25) is 0 Å². The highest BCUT2D eigenvalue weighted by Gasteiger charge is 2.35. The van der Waals surface area contributed by atoms with E-state index in [1.807, 2.05) is 4.90 Å². The van der Waals surface area contributed by atoms with Gasteiger partial charge in [-0.3, -0.25) is 4.90 Å². The van der Waals surface area contributed by atoms with Crippen LogP contribution in [0.25, 0.3) is 0 Å². The smallest absolute Gasteiger partial charge is 0.317 e. The average Bonchev–Trinajstić information content (AvgIpc) is 3.21. The van der Waals surface area contributed by atoms with Gasteiger partial charge < -0.3 is 10.2 Å². The summed E-state index contributed by atoms with van der Waals surface area (Å²) in [4.78, 5) is 16.3. The van der Waals surface area contributed by atoms with E-state index in [0.29, 0.717) is 12.0 Å². The van der Waals surface area contributed by atoms with Crippen molar-refractivity contribution in [1.29, 1.82) is 0 Å². The number of carbonyl (C=O) groups is 1. The molecule has 2 atom stereocenters. The minimum atomic E-state index is 0.115. The Hall–Kier alpha value is -1.55. The SMILES string of the molecule is O=C1NCCN1CCN1CCCC1C1CCCc2ccccc21. The topological polar surface area (TPSA) is 35.6 Å². The zero-order valence-corrected chi connectivity index (χ0v) is 13.8. The number of urea groups is 1. The van der Waals surface area contributed by atoms with Crippen molar-refractivity contribution in [3.63, 3.8) is 0 Å². The van der Waals surface area contributed by atoms with Crippen LogP contribution in [-0.4, -0.2) is 54.6 Å². The fraction of sp³-hybridized carbons (Fsp3) is 0.632. The molecular weight excluding hydrogens is 286 g/mol. The lowest BCUT2D eigenvalue weighted by atomic mass is 9.78. The molecule has 0 saturated carbocycles. The first-order valence-corrected chi connectivity index (χ1v) is 9.17. The highest BCUT2D eigenvalue weighted by atomic mass is 16.2. The number of nitrogens with one attached hydrogen (secondary N) is 1. The van der Waals surface area contributed by atoms with Crippen molar-refractivity contribution in [1.82, 2.24) is 15.1 Å². The third-order valence-electron chi connectivity index (χ3n) is 5.90. The van der Waals surface area contributed by atoms with Gasteiger partial charge in [0.2, 0.25) is 0 Å². The van der Waals surface area contributed by atoms with E-state index in [2.05, 4.69) is 34.5 Å². The molecule has 2 fully saturated rings. The van der Waals surface area contributed by atoms with Crippen molar-refractivity contribution in [2.45, 2.75) is 44.1 Å². The van der Waals surface area contributed by atoms with E-state index in [1.165, 1.54) is 38.6 Å². The van der Waals surface area contributed by atoms with Crippen LogP contribution in [-0.2, 0) is 6.42 Å². The molecule has 1 aromatic carbocycles. The van der Waals surface area contributed by atoms with Crippen LogP contribution >= 0.6 is 0 Å². The minimum Gasteiger partial charge on any atom is -0.336 e. The summed E-state index contributed by atoms with van der Waals surface area (Å²) in [5, 5.41) is 2.90. The van der Waals surface area contributed by atoms with Crippen LogP contribution in [0.15, 0.2) is 24.3 Å². The molecule has 1 aromatic rings. The molecule has 2 heterocycles. The Labute approximate surface area is 138 Å². The zero-order chi connectivity index (χ0) is 15.6. The Balaban J connectivity index is 1.45. The molecule has 3 aliphatic rings. The number of benzene rings is 1. The number of hydrogen-bond donors (Lipinski definition) is 1. The number of carbonyl (C=O) groups excluding carboxylic acids is 1. The van der Waals surface area contributed by atoms with E-state index in [4.69, 9.17) is 0 Å². The van der Waals surface area contributed by atoms with Crippen molar-refractivity contribution < 1.29 is 4.79 Å². The van der Waals surface area contributed by atoms with Gasteiger partial charge in [0.15, 0.2) is 0 Å². The molecule has 0 radical (unpaired) electrons. The first-order chi connectivity index (χ1) is 11.3. The Bertz CT molecular complexity index is 573. The standard InChI is InChI=1S/C19H27N3O/c23-19-20-10-12-22(19)14-13-21-11-4-9-18(21)17-8-3-6-15-5-1-2-7-16(15)17/h1-2,5,7,17-18H,3-4,6,8-14H2,(H,20,23). The minimum absolute atomic E-state index is 0.115. The molecule has 23 heavy (non-hydrogen) atoms. The van der Waals surface area contributed by atoms with Gasteiger partial charge in [0.05, 0.1) is 0 Å². The molecule has 0 bridgehead atoms. The van der Waals surface area contributed by atoms with Crippen LogP contribution in [0.3, 0.4) is 0 Å². The van der Waals surface area contributed by atoms with Gasteiger partial charge in [0.25, 0.3) is 0 Å². The molecule has 2 saturated heterocycles. The predicted octanol–water partition coefficient (Wildman–Crippen LogP) is 2.60. The molecule has 4 rings (SSSR count). The Kier molecular flexibility index (Phi) is 4.25. The molecule has 4 heteroatoms. The molecule has 1 aliphatic carbocycles. The summed E-state index contributed by atoms with van der Waals surface area (Å²) in [6.45, 7) is 4.76. The number of amides is 2. The molecule has 2 amide bonds. The highest BCUT2D eigenvalue weighted by molar-refractivity contribution is 5.76. The van der Waals surface area contributed by atoms with Crippen LogP contribution in [0.4, 0.5) is 4.79 Å². The summed E-state index contributed by atoms with van der Waals surface area (Å²) in [5.74, 6) is 0.690. The largest absolute Gasteiger partial charge is 0.336 e. The maximum Gasteiger partial charge on any atom is 0.317 e. The van der Waals surface area contributed by atoms with Gasteiger partial charge in [0.1, 0.15) is 0 Å². The molecule has 124 valence electrons. The molecule has 2 aliphatic heterocycles. The normalized spacial score (nSPS) is 28.0. The summed E-state index contributed by atoms with van der Waals surface area (Å²) in [5.41, 5.74) is 3.16. The van der Waals surface area contributed by atoms with E-state index < -0.39 is 0 Å². The Morgan fingerprint density at radius 1 is 1.09 bits per heavy atom. The van der Waals surface area contributed by atoms with Crippen molar-refractivity contribution in [3.8, 4) is 0 Å². The number of likely N-dealkylation sites (tertiary alicyclic amines) is 1. The van der Waals surface area contributed by atoms with E-state index >= 15 is 0 Å². The third-order valence-corrected chi connectivity index (χ3v) is 5.90. The van der Waals surface area contributed by atoms with Gasteiger partial charge >= 0.3 is 6.03 Å². The van der Waals surface area contributed by atoms with Gasteiger partial charge in [-0.05, 0) is 55.7 Å². The fourth-order valence-electron chi connectivity index (χ4n) is 4.75. The van der Waals surface area contributed by atoms with Crippen LogP contribution in [0.5, 0.6) is 0 Å². The third kappa shape index (κ3) is 2.97. The van der Waals surface area contributed by atoms with Crippen LogP contribution < -0.4 is 5.32 Å². The zero-order valence-electron chi connectivity index (χ0n) is 13.8. The second-order valence-electron chi connectivity index (χ2n) is 7.16. The number of fused-ring (bicyclic) bond motifs is 1. The van der Waals surface area contributed by atoms with Gasteiger partial charge in [0, 0.05) is 32.2 Å². The summed E-state index contributed by atoms with van der Waals surface area (Å²) in [6, 6.07) is 9.83. The summed E-state index contributed by atoms with van der Waals surface area (Å²) >= 11 is 0. The van der Waals surface area contributed by atoms with E-state index in [1.54, 1.807) is 11.1 Å². The Morgan fingerprint density at radius 3 is 2.87 bits per heavy atom.